The largest absolute Gasteiger partial charge is 0.472 e. The highest BCUT2D eigenvalue weighted by molar-refractivity contribution is 7.47. The lowest BCUT2D eigenvalue weighted by molar-refractivity contribution is -0.870. The molecule has 0 saturated carbocycles. The number of aliphatic hydroxyl groups is 1. The highest BCUT2D eigenvalue weighted by Gasteiger charge is 2.27. The topological polar surface area (TPSA) is 105 Å². The molecular formula is C60H118N2O6P+. The zero-order chi connectivity index (χ0) is 50.6. The number of carbonyl (C=O) groups is 1. The van der Waals surface area contributed by atoms with Crippen LogP contribution in [0.3, 0.4) is 0 Å². The van der Waals surface area contributed by atoms with Crippen LogP contribution in [0.25, 0.3) is 0 Å². The van der Waals surface area contributed by atoms with Crippen LogP contribution in [0, 0.1) is 0 Å². The lowest BCUT2D eigenvalue weighted by atomic mass is 10.0. The van der Waals surface area contributed by atoms with E-state index in [1.165, 1.54) is 231 Å². The number of aliphatic hydroxyl groups excluding tert-OH is 1. The van der Waals surface area contributed by atoms with Crippen LogP contribution in [0.15, 0.2) is 36.5 Å². The smallest absolute Gasteiger partial charge is 0.387 e. The van der Waals surface area contributed by atoms with Crippen LogP contribution in [0.2, 0.25) is 0 Å². The Morgan fingerprint density at radius 1 is 0.478 bits per heavy atom. The van der Waals surface area contributed by atoms with Crippen LogP contribution in [0.5, 0.6) is 0 Å². The van der Waals surface area contributed by atoms with Gasteiger partial charge in [0.2, 0.25) is 5.91 Å². The van der Waals surface area contributed by atoms with Crippen LogP contribution in [0.1, 0.15) is 290 Å². The van der Waals surface area contributed by atoms with Crippen molar-refractivity contribution in [3.63, 3.8) is 0 Å². The molecule has 0 aromatic carbocycles. The number of phosphoric acid groups is 1. The van der Waals surface area contributed by atoms with Crippen molar-refractivity contribution in [1.29, 1.82) is 0 Å². The molecule has 69 heavy (non-hydrogen) atoms. The number of nitrogens with zero attached hydrogens (tertiary/aromatic N) is 1. The number of amides is 1. The number of carbonyl (C=O) groups excluding carboxylic acids is 1. The second-order valence-corrected chi connectivity index (χ2v) is 23.2. The molecule has 0 radical (unpaired) electrons. The van der Waals surface area contributed by atoms with Crippen molar-refractivity contribution in [2.45, 2.75) is 302 Å². The predicted octanol–water partition coefficient (Wildman–Crippen LogP) is 18.2. The van der Waals surface area contributed by atoms with Gasteiger partial charge in [-0.25, -0.2) is 4.57 Å². The minimum absolute atomic E-state index is 0.0574. The summed E-state index contributed by atoms with van der Waals surface area (Å²) in [4.78, 5) is 23.3. The minimum atomic E-state index is -4.35. The van der Waals surface area contributed by atoms with Crippen molar-refractivity contribution in [1.82, 2.24) is 5.32 Å². The number of allylic oxidation sites excluding steroid dienone is 5. The first-order valence-electron chi connectivity index (χ1n) is 29.9. The SMILES string of the molecule is CCCCCCCCCC/C=C\CCCCCCCCCCCCCCCCCC(=O)NC(COP(=O)(O)OCC[N+](C)(C)C)C(O)/C=C/CC/C=C/CCCCCCCCCCCCCCCC. The quantitative estimate of drug-likeness (QED) is 0.0243. The summed E-state index contributed by atoms with van der Waals surface area (Å²) in [5, 5.41) is 13.9. The summed E-state index contributed by atoms with van der Waals surface area (Å²) in [7, 11) is 1.56. The fourth-order valence-corrected chi connectivity index (χ4v) is 9.61. The zero-order valence-electron chi connectivity index (χ0n) is 46.6. The molecule has 0 rings (SSSR count). The van der Waals surface area contributed by atoms with E-state index in [1.807, 2.05) is 27.2 Å². The van der Waals surface area contributed by atoms with Crippen molar-refractivity contribution in [3.8, 4) is 0 Å². The van der Waals surface area contributed by atoms with Gasteiger partial charge >= 0.3 is 7.82 Å². The van der Waals surface area contributed by atoms with Gasteiger partial charge < -0.3 is 19.8 Å². The van der Waals surface area contributed by atoms with Gasteiger partial charge in [0.1, 0.15) is 13.2 Å². The third-order valence-corrected chi connectivity index (χ3v) is 14.6. The van der Waals surface area contributed by atoms with E-state index >= 15 is 0 Å². The van der Waals surface area contributed by atoms with Crippen LogP contribution >= 0.6 is 7.82 Å². The maximum Gasteiger partial charge on any atom is 0.472 e. The van der Waals surface area contributed by atoms with E-state index in [-0.39, 0.29) is 19.1 Å². The first-order chi connectivity index (χ1) is 33.5. The highest BCUT2D eigenvalue weighted by Crippen LogP contribution is 2.43. The Morgan fingerprint density at radius 2 is 0.797 bits per heavy atom. The Bertz CT molecular complexity index is 1220. The van der Waals surface area contributed by atoms with Crippen molar-refractivity contribution in [2.24, 2.45) is 0 Å². The molecule has 0 aromatic rings. The molecule has 0 spiro atoms. The Kier molecular flexibility index (Phi) is 50.7. The van der Waals surface area contributed by atoms with Gasteiger partial charge in [0, 0.05) is 6.42 Å². The Hall–Kier alpha value is -1.28. The van der Waals surface area contributed by atoms with E-state index in [0.717, 1.165) is 38.5 Å². The lowest BCUT2D eigenvalue weighted by Gasteiger charge is -2.25. The van der Waals surface area contributed by atoms with E-state index in [0.29, 0.717) is 17.4 Å². The Morgan fingerprint density at radius 3 is 1.16 bits per heavy atom. The molecule has 0 aliphatic rings. The van der Waals surface area contributed by atoms with Crippen molar-refractivity contribution in [3.05, 3.63) is 36.5 Å². The fourth-order valence-electron chi connectivity index (χ4n) is 8.88. The standard InChI is InChI=1S/C60H117N2O6P/c1-6-8-10-12-14-16-18-20-22-24-26-28-29-30-31-32-33-34-36-38-40-42-44-46-48-50-52-54-60(64)61-58(57-68-69(65,66)67-56-55-62(3,4)5)59(63)53-51-49-47-45-43-41-39-37-35-27-25-23-21-19-17-15-13-11-9-7-2/h24,26,43,45,51,53,58-59,63H,6-23,25,27-42,44,46-50,52,54-57H2,1-5H3,(H-,61,64,65,66)/p+1/b26-24-,45-43+,53-51+. The zero-order valence-corrected chi connectivity index (χ0v) is 47.5. The number of nitrogens with one attached hydrogen (secondary N) is 1. The minimum Gasteiger partial charge on any atom is -0.387 e. The molecule has 0 aromatic heterocycles. The molecular weight excluding hydrogens is 876 g/mol. The van der Waals surface area contributed by atoms with Gasteiger partial charge in [-0.2, -0.15) is 0 Å². The van der Waals surface area contributed by atoms with Crippen molar-refractivity contribution in [2.75, 3.05) is 40.9 Å². The number of hydrogen-bond acceptors (Lipinski definition) is 5. The maximum absolute atomic E-state index is 13.0. The number of likely N-dealkylation sites (N-methyl/N-ethyl adjacent to an activating group) is 1. The van der Waals surface area contributed by atoms with E-state index < -0.39 is 20.0 Å². The van der Waals surface area contributed by atoms with Gasteiger partial charge in [0.15, 0.2) is 0 Å². The third-order valence-electron chi connectivity index (χ3n) is 13.6. The number of quaternary nitrogens is 1. The summed E-state index contributed by atoms with van der Waals surface area (Å²) >= 11 is 0. The molecule has 0 aliphatic heterocycles. The van der Waals surface area contributed by atoms with E-state index in [4.69, 9.17) is 9.05 Å². The second kappa shape index (κ2) is 51.6. The van der Waals surface area contributed by atoms with Crippen molar-refractivity contribution >= 4 is 13.7 Å². The molecule has 3 N–H and O–H groups in total. The molecule has 0 bridgehead atoms. The van der Waals surface area contributed by atoms with Gasteiger partial charge in [-0.15, -0.1) is 0 Å². The normalized spacial score (nSPS) is 14.1. The monoisotopic (exact) mass is 994 g/mol. The average molecular weight is 995 g/mol. The fraction of sp³-hybridized carbons (Fsp3) is 0.883. The summed E-state index contributed by atoms with van der Waals surface area (Å²) in [6, 6.07) is -0.862. The van der Waals surface area contributed by atoms with Crippen molar-refractivity contribution < 1.29 is 32.9 Å². The first kappa shape index (κ1) is 67.7. The molecule has 408 valence electrons. The number of hydrogen-bond donors (Lipinski definition) is 3. The maximum atomic E-state index is 13.0. The molecule has 3 atom stereocenters. The van der Waals surface area contributed by atoms with Crippen LogP contribution < -0.4 is 5.32 Å². The highest BCUT2D eigenvalue weighted by atomic mass is 31.2. The first-order valence-corrected chi connectivity index (χ1v) is 31.4. The third kappa shape index (κ3) is 54.3. The van der Waals surface area contributed by atoms with E-state index in [1.54, 1.807) is 6.08 Å². The summed E-state index contributed by atoms with van der Waals surface area (Å²) in [5.41, 5.74) is 0. The predicted molar refractivity (Wildman–Crippen MR) is 300 cm³/mol. The van der Waals surface area contributed by atoms with Crippen LogP contribution in [-0.2, 0) is 18.4 Å². The lowest BCUT2D eigenvalue weighted by Crippen LogP contribution is -2.45. The number of rotatable bonds is 55. The van der Waals surface area contributed by atoms with Crippen LogP contribution in [0.4, 0.5) is 0 Å². The van der Waals surface area contributed by atoms with Crippen LogP contribution in [-0.4, -0.2) is 73.4 Å². The van der Waals surface area contributed by atoms with Gasteiger partial charge in [0.25, 0.3) is 0 Å². The summed E-state index contributed by atoms with van der Waals surface area (Å²) in [6.07, 6.45) is 66.8. The molecule has 0 aliphatic carbocycles. The Balaban J connectivity index is 4.18. The molecule has 9 heteroatoms. The Labute approximate surface area is 429 Å². The molecule has 0 heterocycles. The van der Waals surface area contributed by atoms with E-state index in [2.05, 4.69) is 43.5 Å². The number of unbranched alkanes of at least 4 members (excludes halogenated alkanes) is 38. The molecule has 0 saturated heterocycles. The summed E-state index contributed by atoms with van der Waals surface area (Å²) < 4.78 is 23.7. The van der Waals surface area contributed by atoms with Gasteiger partial charge in [-0.05, 0) is 57.8 Å². The van der Waals surface area contributed by atoms with E-state index in [9.17, 15) is 19.4 Å². The van der Waals surface area contributed by atoms with Gasteiger partial charge in [-0.3, -0.25) is 13.8 Å². The molecule has 0 fully saturated rings. The van der Waals surface area contributed by atoms with Gasteiger partial charge in [0.05, 0.1) is 39.9 Å². The second-order valence-electron chi connectivity index (χ2n) is 21.7. The molecule has 1 amide bonds. The molecule has 3 unspecified atom stereocenters. The molecule has 8 nitrogen and oxygen atoms in total. The summed E-state index contributed by atoms with van der Waals surface area (Å²) in [5.74, 6) is -0.182. The summed E-state index contributed by atoms with van der Waals surface area (Å²) in [6.45, 7) is 4.83. The van der Waals surface area contributed by atoms with Gasteiger partial charge in [-0.1, -0.05) is 262 Å². The average Bonchev–Trinajstić information content (AvgIpc) is 3.31. The number of phosphoric ester groups is 1.